The summed E-state index contributed by atoms with van der Waals surface area (Å²) in [5.41, 5.74) is 3.08. The van der Waals surface area contributed by atoms with Crippen molar-refractivity contribution in [3.05, 3.63) is 103 Å². The Labute approximate surface area is 219 Å². The fourth-order valence-electron chi connectivity index (χ4n) is 4.42. The molecule has 0 radical (unpaired) electrons. The average Bonchev–Trinajstić information content (AvgIpc) is 3.35. The molecular weight excluding hydrogens is 487 g/mol. The summed E-state index contributed by atoms with van der Waals surface area (Å²) in [4.78, 5) is 21.5. The number of benzene rings is 2. The van der Waals surface area contributed by atoms with Crippen LogP contribution >= 0.6 is 11.8 Å². The minimum atomic E-state index is -0.236. The summed E-state index contributed by atoms with van der Waals surface area (Å²) < 4.78 is 16.2. The summed E-state index contributed by atoms with van der Waals surface area (Å²) in [6.45, 7) is 6.69. The normalized spacial score (nSPS) is 13.5. The van der Waals surface area contributed by atoms with Crippen molar-refractivity contribution >= 4 is 23.4 Å². The van der Waals surface area contributed by atoms with Crippen molar-refractivity contribution in [1.29, 1.82) is 0 Å². The van der Waals surface area contributed by atoms with E-state index in [-0.39, 0.29) is 11.7 Å². The average molecular weight is 515 g/mol. The van der Waals surface area contributed by atoms with E-state index in [9.17, 15) is 9.18 Å². The summed E-state index contributed by atoms with van der Waals surface area (Å²) in [7, 11) is 0. The molecule has 0 N–H and O–H groups in total. The number of halogens is 1. The first-order chi connectivity index (χ1) is 18.2. The van der Waals surface area contributed by atoms with E-state index in [0.717, 1.165) is 22.1 Å². The lowest BCUT2D eigenvalue weighted by molar-refractivity contribution is 0.0746. The third kappa shape index (κ3) is 5.41. The van der Waals surface area contributed by atoms with Crippen LogP contribution in [-0.4, -0.2) is 56.7 Å². The second-order valence-electron chi connectivity index (χ2n) is 8.62. The molecular formula is C28H27FN6OS. The lowest BCUT2D eigenvalue weighted by Crippen LogP contribution is -2.49. The quantitative estimate of drug-likeness (QED) is 0.246. The summed E-state index contributed by atoms with van der Waals surface area (Å²) in [5.74, 6) is 1.06. The predicted octanol–water partition coefficient (Wildman–Crippen LogP) is 4.92. The highest BCUT2D eigenvalue weighted by Crippen LogP contribution is 2.28. The smallest absolute Gasteiger partial charge is 0.254 e. The molecule has 0 spiro atoms. The molecule has 0 saturated carbocycles. The van der Waals surface area contributed by atoms with Crippen LogP contribution in [0.25, 0.3) is 11.4 Å². The molecule has 0 atom stereocenters. The van der Waals surface area contributed by atoms with Crippen LogP contribution in [0, 0.1) is 5.82 Å². The van der Waals surface area contributed by atoms with Crippen LogP contribution < -0.4 is 4.90 Å². The Hall–Kier alpha value is -3.98. The van der Waals surface area contributed by atoms with Gasteiger partial charge in [-0.25, -0.2) is 4.39 Å². The number of thioether (sulfide) groups is 1. The maximum absolute atomic E-state index is 14.2. The molecule has 2 aromatic heterocycles. The van der Waals surface area contributed by atoms with Crippen LogP contribution in [0.1, 0.15) is 15.9 Å². The van der Waals surface area contributed by atoms with E-state index in [2.05, 4.69) is 21.8 Å². The van der Waals surface area contributed by atoms with Crippen molar-refractivity contribution in [2.24, 2.45) is 0 Å². The number of piperazine rings is 1. The third-order valence-corrected chi connectivity index (χ3v) is 7.33. The summed E-state index contributed by atoms with van der Waals surface area (Å²) in [6.07, 6.45) is 5.30. The zero-order chi connectivity index (χ0) is 25.6. The van der Waals surface area contributed by atoms with Gasteiger partial charge in [-0.3, -0.25) is 14.3 Å². The van der Waals surface area contributed by atoms with E-state index in [0.29, 0.717) is 49.7 Å². The van der Waals surface area contributed by atoms with E-state index in [1.165, 1.54) is 17.8 Å². The summed E-state index contributed by atoms with van der Waals surface area (Å²) >= 11 is 1.53. The van der Waals surface area contributed by atoms with Crippen LogP contribution in [0.3, 0.4) is 0 Å². The highest BCUT2D eigenvalue weighted by Gasteiger charge is 2.25. The number of nitrogens with zero attached hydrogens (tertiary/aromatic N) is 6. The number of aromatic nitrogens is 4. The van der Waals surface area contributed by atoms with Crippen molar-refractivity contribution in [1.82, 2.24) is 24.6 Å². The lowest BCUT2D eigenvalue weighted by Gasteiger charge is -2.36. The van der Waals surface area contributed by atoms with Crippen LogP contribution in [0.15, 0.2) is 90.9 Å². The summed E-state index contributed by atoms with van der Waals surface area (Å²) in [6, 6.07) is 18.3. The number of hydrogen-bond acceptors (Lipinski definition) is 6. The molecule has 7 nitrogen and oxygen atoms in total. The molecule has 5 rings (SSSR count). The highest BCUT2D eigenvalue weighted by molar-refractivity contribution is 7.98. The number of pyridine rings is 1. The molecule has 2 aromatic carbocycles. The number of allylic oxidation sites excluding steroid dienone is 1. The van der Waals surface area contributed by atoms with Gasteiger partial charge in [-0.05, 0) is 35.9 Å². The molecule has 188 valence electrons. The Kier molecular flexibility index (Phi) is 7.60. The van der Waals surface area contributed by atoms with Crippen LogP contribution in [0.2, 0.25) is 0 Å². The van der Waals surface area contributed by atoms with E-state index in [1.807, 2.05) is 62.9 Å². The molecule has 1 saturated heterocycles. The Morgan fingerprint density at radius 2 is 1.78 bits per heavy atom. The van der Waals surface area contributed by atoms with Crippen molar-refractivity contribution in [3.63, 3.8) is 0 Å². The van der Waals surface area contributed by atoms with Gasteiger partial charge in [-0.2, -0.15) is 0 Å². The number of amides is 1. The highest BCUT2D eigenvalue weighted by atomic mass is 32.2. The molecule has 1 aliphatic heterocycles. The second kappa shape index (κ2) is 11.4. The number of rotatable bonds is 8. The predicted molar refractivity (Wildman–Crippen MR) is 144 cm³/mol. The van der Waals surface area contributed by atoms with Crippen LogP contribution in [0.4, 0.5) is 10.1 Å². The van der Waals surface area contributed by atoms with Gasteiger partial charge in [0, 0.05) is 62.0 Å². The molecule has 0 bridgehead atoms. The maximum atomic E-state index is 14.2. The summed E-state index contributed by atoms with van der Waals surface area (Å²) in [5, 5.41) is 9.54. The molecule has 3 heterocycles. The van der Waals surface area contributed by atoms with Gasteiger partial charge in [0.15, 0.2) is 11.0 Å². The molecule has 0 aliphatic carbocycles. The molecule has 4 aromatic rings. The number of para-hydroxylation sites is 1. The zero-order valence-corrected chi connectivity index (χ0v) is 21.1. The van der Waals surface area contributed by atoms with E-state index < -0.39 is 0 Å². The monoisotopic (exact) mass is 514 g/mol. The van der Waals surface area contributed by atoms with Crippen molar-refractivity contribution in [2.45, 2.75) is 17.5 Å². The Morgan fingerprint density at radius 1 is 1.00 bits per heavy atom. The van der Waals surface area contributed by atoms with Gasteiger partial charge in [0.05, 0.1) is 5.69 Å². The van der Waals surface area contributed by atoms with Crippen LogP contribution in [-0.2, 0) is 12.3 Å². The largest absolute Gasteiger partial charge is 0.366 e. The minimum absolute atomic E-state index is 0.00649. The van der Waals surface area contributed by atoms with Crippen molar-refractivity contribution < 1.29 is 9.18 Å². The number of anilines is 1. The first-order valence-electron chi connectivity index (χ1n) is 12.1. The van der Waals surface area contributed by atoms with Gasteiger partial charge in [-0.1, -0.05) is 48.2 Å². The van der Waals surface area contributed by atoms with Crippen molar-refractivity contribution in [2.75, 3.05) is 31.1 Å². The van der Waals surface area contributed by atoms with Gasteiger partial charge < -0.3 is 9.80 Å². The first kappa shape index (κ1) is 24.7. The maximum Gasteiger partial charge on any atom is 0.254 e. The van der Waals surface area contributed by atoms with Gasteiger partial charge >= 0.3 is 0 Å². The molecule has 1 aliphatic rings. The third-order valence-electron chi connectivity index (χ3n) is 6.31. The lowest BCUT2D eigenvalue weighted by atomic mass is 10.1. The van der Waals surface area contributed by atoms with Gasteiger partial charge in [0.2, 0.25) is 0 Å². The minimum Gasteiger partial charge on any atom is -0.366 e. The van der Waals surface area contributed by atoms with Crippen molar-refractivity contribution in [3.8, 4) is 11.4 Å². The van der Waals surface area contributed by atoms with Gasteiger partial charge in [-0.15, -0.1) is 16.8 Å². The molecule has 1 amide bonds. The number of carbonyl (C=O) groups excluding carboxylic acids is 1. The first-order valence-corrected chi connectivity index (χ1v) is 13.1. The SMILES string of the molecule is C=CCn1c(SCc2ccccc2C(=O)N2CCN(c3ccccc3F)CC2)nnc1-c1cccnc1. The van der Waals surface area contributed by atoms with E-state index in [4.69, 9.17) is 0 Å². The fraction of sp³-hybridized carbons (Fsp3) is 0.214. The number of hydrogen-bond donors (Lipinski definition) is 0. The zero-order valence-electron chi connectivity index (χ0n) is 20.3. The standard InChI is InChI=1S/C28H27FN6OS/c1-2-14-35-26(21-9-7-13-30-19-21)31-32-28(35)37-20-22-8-3-4-10-23(22)27(36)34-17-15-33(16-18-34)25-12-6-5-11-24(25)29/h2-13,19H,1,14-18,20H2. The number of carbonyl (C=O) groups is 1. The molecule has 37 heavy (non-hydrogen) atoms. The second-order valence-corrected chi connectivity index (χ2v) is 9.57. The Morgan fingerprint density at radius 3 is 2.54 bits per heavy atom. The Bertz CT molecular complexity index is 1380. The van der Waals surface area contributed by atoms with Gasteiger partial charge in [0.1, 0.15) is 5.82 Å². The van der Waals surface area contributed by atoms with E-state index >= 15 is 0 Å². The molecule has 0 unspecified atom stereocenters. The Balaban J connectivity index is 1.29. The van der Waals surface area contributed by atoms with Crippen LogP contribution in [0.5, 0.6) is 0 Å². The fourth-order valence-corrected chi connectivity index (χ4v) is 5.38. The topological polar surface area (TPSA) is 67.2 Å². The molecule has 1 fully saturated rings. The van der Waals surface area contributed by atoms with Gasteiger partial charge in [0.25, 0.3) is 5.91 Å². The molecule has 9 heteroatoms. The van der Waals surface area contributed by atoms with E-state index in [1.54, 1.807) is 24.5 Å².